The summed E-state index contributed by atoms with van der Waals surface area (Å²) in [5.41, 5.74) is 2.04. The highest BCUT2D eigenvalue weighted by Gasteiger charge is 2.09. The molecule has 3 aromatic rings. The molecule has 0 unspecified atom stereocenters. The fourth-order valence-electron chi connectivity index (χ4n) is 2.23. The molecule has 134 valence electrons. The number of nitrogens with two attached hydrogens (primary N) is 1. The van der Waals surface area contributed by atoms with Crippen molar-refractivity contribution in [2.45, 2.75) is 11.4 Å². The normalized spacial score (nSPS) is 11.1. The van der Waals surface area contributed by atoms with Crippen molar-refractivity contribution in [3.8, 4) is 0 Å². The first-order valence-electron chi connectivity index (χ1n) is 7.58. The monoisotopic (exact) mass is 388 g/mol. The van der Waals surface area contributed by atoms with Gasteiger partial charge in [-0.25, -0.2) is 18.5 Å². The smallest absolute Gasteiger partial charge is 0.251 e. The largest absolute Gasteiger partial charge is 0.348 e. The number of hydrogen-bond donors (Lipinski definition) is 3. The second kappa shape index (κ2) is 7.65. The third-order valence-electron chi connectivity index (χ3n) is 3.51. The molecule has 0 atom stereocenters. The number of hydrogen-bond acceptors (Lipinski definition) is 6. The Labute approximate surface area is 154 Å². The van der Waals surface area contributed by atoms with Gasteiger partial charge in [-0.1, -0.05) is 18.2 Å². The van der Waals surface area contributed by atoms with Gasteiger partial charge in [0.15, 0.2) is 5.13 Å². The Bertz CT molecular complexity index is 1000. The molecule has 0 saturated heterocycles. The van der Waals surface area contributed by atoms with Crippen molar-refractivity contribution in [2.75, 3.05) is 5.32 Å². The van der Waals surface area contributed by atoms with Crippen molar-refractivity contribution in [2.24, 2.45) is 5.14 Å². The molecule has 1 aromatic heterocycles. The predicted octanol–water partition coefficient (Wildman–Crippen LogP) is 2.46. The Morgan fingerprint density at radius 3 is 2.58 bits per heavy atom. The van der Waals surface area contributed by atoms with Gasteiger partial charge in [-0.15, -0.1) is 11.3 Å². The van der Waals surface area contributed by atoms with E-state index in [1.54, 1.807) is 36.5 Å². The highest BCUT2D eigenvalue weighted by molar-refractivity contribution is 7.89. The van der Waals surface area contributed by atoms with Crippen LogP contribution < -0.4 is 15.8 Å². The SMILES string of the molecule is NS(=O)(=O)c1ccc(CNC(=O)c2cccc(Nc3nccs3)c2)cc1. The summed E-state index contributed by atoms with van der Waals surface area (Å²) in [7, 11) is -3.72. The van der Waals surface area contributed by atoms with Crippen molar-refractivity contribution in [3.63, 3.8) is 0 Å². The molecule has 9 heteroatoms. The van der Waals surface area contributed by atoms with E-state index in [1.807, 2.05) is 11.4 Å². The van der Waals surface area contributed by atoms with Gasteiger partial charge in [0.25, 0.3) is 5.91 Å². The number of carbonyl (C=O) groups is 1. The summed E-state index contributed by atoms with van der Waals surface area (Å²) in [5.74, 6) is -0.233. The van der Waals surface area contributed by atoms with Crippen LogP contribution in [0.15, 0.2) is 65.0 Å². The molecule has 0 bridgehead atoms. The molecule has 0 aliphatic heterocycles. The highest BCUT2D eigenvalue weighted by Crippen LogP contribution is 2.19. The zero-order valence-electron chi connectivity index (χ0n) is 13.5. The molecule has 4 N–H and O–H groups in total. The molecular formula is C17H16N4O3S2. The molecule has 3 rings (SSSR count). The molecule has 26 heavy (non-hydrogen) atoms. The van der Waals surface area contributed by atoms with E-state index in [4.69, 9.17) is 5.14 Å². The van der Waals surface area contributed by atoms with Crippen LogP contribution in [0.1, 0.15) is 15.9 Å². The fraction of sp³-hybridized carbons (Fsp3) is 0.0588. The lowest BCUT2D eigenvalue weighted by atomic mass is 10.1. The van der Waals surface area contributed by atoms with E-state index in [-0.39, 0.29) is 17.3 Å². The van der Waals surface area contributed by atoms with Crippen LogP contribution in [0.3, 0.4) is 0 Å². The number of aromatic nitrogens is 1. The summed E-state index contributed by atoms with van der Waals surface area (Å²) in [6.45, 7) is 0.272. The Morgan fingerprint density at radius 2 is 1.92 bits per heavy atom. The minimum atomic E-state index is -3.72. The van der Waals surface area contributed by atoms with Gasteiger partial charge >= 0.3 is 0 Å². The first kappa shape index (κ1) is 18.1. The van der Waals surface area contributed by atoms with Crippen LogP contribution in [0.5, 0.6) is 0 Å². The summed E-state index contributed by atoms with van der Waals surface area (Å²) < 4.78 is 22.5. The average Bonchev–Trinajstić information content (AvgIpc) is 3.12. The zero-order chi connectivity index (χ0) is 18.6. The third-order valence-corrected chi connectivity index (χ3v) is 5.13. The molecule has 1 amide bonds. The number of anilines is 2. The van der Waals surface area contributed by atoms with E-state index in [2.05, 4.69) is 15.6 Å². The Balaban J connectivity index is 1.63. The van der Waals surface area contributed by atoms with E-state index in [0.717, 1.165) is 16.4 Å². The molecule has 0 fully saturated rings. The van der Waals surface area contributed by atoms with Crippen molar-refractivity contribution >= 4 is 38.1 Å². The minimum absolute atomic E-state index is 0.0357. The lowest BCUT2D eigenvalue weighted by Crippen LogP contribution is -2.22. The maximum Gasteiger partial charge on any atom is 0.251 e. The van der Waals surface area contributed by atoms with Crippen LogP contribution in [0.2, 0.25) is 0 Å². The number of carbonyl (C=O) groups excluding carboxylic acids is 1. The topological polar surface area (TPSA) is 114 Å². The Kier molecular flexibility index (Phi) is 5.31. The van der Waals surface area contributed by atoms with Crippen LogP contribution in [0, 0.1) is 0 Å². The summed E-state index contributed by atoms with van der Waals surface area (Å²) in [5, 5.41) is 13.6. The summed E-state index contributed by atoms with van der Waals surface area (Å²) in [6.07, 6.45) is 1.70. The standard InChI is InChI=1S/C17H16N4O3S2/c18-26(23,24)15-6-4-12(5-7-15)11-20-16(22)13-2-1-3-14(10-13)21-17-19-8-9-25-17/h1-10H,11H2,(H,19,21)(H,20,22)(H2,18,23,24). The minimum Gasteiger partial charge on any atom is -0.348 e. The van der Waals surface area contributed by atoms with E-state index in [1.165, 1.54) is 23.5 Å². The molecule has 2 aromatic carbocycles. The quantitative estimate of drug-likeness (QED) is 0.600. The summed E-state index contributed by atoms with van der Waals surface area (Å²) in [4.78, 5) is 16.5. The van der Waals surface area contributed by atoms with Crippen molar-refractivity contribution in [1.29, 1.82) is 0 Å². The van der Waals surface area contributed by atoms with E-state index in [9.17, 15) is 13.2 Å². The van der Waals surface area contributed by atoms with Gasteiger partial charge in [0.1, 0.15) is 0 Å². The molecule has 7 nitrogen and oxygen atoms in total. The number of benzene rings is 2. The molecular weight excluding hydrogens is 372 g/mol. The van der Waals surface area contributed by atoms with E-state index in [0.29, 0.717) is 5.56 Å². The molecule has 0 radical (unpaired) electrons. The van der Waals surface area contributed by atoms with Gasteiger partial charge in [0, 0.05) is 29.4 Å². The van der Waals surface area contributed by atoms with Crippen LogP contribution in [0.25, 0.3) is 0 Å². The molecule has 0 aliphatic rings. The van der Waals surface area contributed by atoms with Gasteiger partial charge in [-0.2, -0.15) is 0 Å². The summed E-state index contributed by atoms with van der Waals surface area (Å²) >= 11 is 1.47. The zero-order valence-corrected chi connectivity index (χ0v) is 15.2. The lowest BCUT2D eigenvalue weighted by Gasteiger charge is -2.08. The lowest BCUT2D eigenvalue weighted by molar-refractivity contribution is 0.0951. The van der Waals surface area contributed by atoms with Crippen LogP contribution in [-0.4, -0.2) is 19.3 Å². The maximum absolute atomic E-state index is 12.3. The van der Waals surface area contributed by atoms with Gasteiger partial charge < -0.3 is 10.6 Å². The second-order valence-corrected chi connectivity index (χ2v) is 7.87. The van der Waals surface area contributed by atoms with Crippen molar-refractivity contribution < 1.29 is 13.2 Å². The van der Waals surface area contributed by atoms with Crippen molar-refractivity contribution in [1.82, 2.24) is 10.3 Å². The number of nitrogens with zero attached hydrogens (tertiary/aromatic N) is 1. The van der Waals surface area contributed by atoms with Crippen LogP contribution in [-0.2, 0) is 16.6 Å². The van der Waals surface area contributed by atoms with Gasteiger partial charge in [0.05, 0.1) is 4.90 Å². The van der Waals surface area contributed by atoms with Gasteiger partial charge in [0.2, 0.25) is 10.0 Å². The first-order valence-corrected chi connectivity index (χ1v) is 10.0. The van der Waals surface area contributed by atoms with E-state index >= 15 is 0 Å². The van der Waals surface area contributed by atoms with Gasteiger partial charge in [-0.05, 0) is 35.9 Å². The van der Waals surface area contributed by atoms with Gasteiger partial charge in [-0.3, -0.25) is 4.79 Å². The Morgan fingerprint density at radius 1 is 1.15 bits per heavy atom. The fourth-order valence-corrected chi connectivity index (χ4v) is 3.29. The average molecular weight is 388 g/mol. The molecule has 0 aliphatic carbocycles. The van der Waals surface area contributed by atoms with Crippen LogP contribution in [0.4, 0.5) is 10.8 Å². The molecule has 0 spiro atoms. The Hall–Kier alpha value is -2.75. The van der Waals surface area contributed by atoms with E-state index < -0.39 is 10.0 Å². The second-order valence-electron chi connectivity index (χ2n) is 5.41. The third kappa shape index (κ3) is 4.66. The number of thiazole rings is 1. The number of primary sulfonamides is 1. The number of nitrogens with one attached hydrogen (secondary N) is 2. The summed E-state index contributed by atoms with van der Waals surface area (Å²) in [6, 6.07) is 13.1. The first-order chi connectivity index (χ1) is 12.4. The number of amides is 1. The van der Waals surface area contributed by atoms with Crippen LogP contribution >= 0.6 is 11.3 Å². The molecule has 1 heterocycles. The maximum atomic E-state index is 12.3. The highest BCUT2D eigenvalue weighted by atomic mass is 32.2. The molecule has 0 saturated carbocycles. The number of rotatable bonds is 6. The number of sulfonamides is 1. The van der Waals surface area contributed by atoms with Crippen molar-refractivity contribution in [3.05, 3.63) is 71.2 Å². The predicted molar refractivity (Wildman–Crippen MR) is 101 cm³/mol.